The Balaban J connectivity index is 2.01. The van der Waals surface area contributed by atoms with E-state index in [1.807, 2.05) is 24.3 Å². The van der Waals surface area contributed by atoms with Gasteiger partial charge in [0, 0.05) is 6.04 Å². The quantitative estimate of drug-likeness (QED) is 0.807. The summed E-state index contributed by atoms with van der Waals surface area (Å²) >= 11 is 0. The van der Waals surface area contributed by atoms with E-state index in [4.69, 9.17) is 4.74 Å². The minimum absolute atomic E-state index is 0.316. The maximum atomic E-state index is 11.5. The van der Waals surface area contributed by atoms with Gasteiger partial charge in [-0.3, -0.25) is 10.1 Å². The zero-order valence-corrected chi connectivity index (χ0v) is 12.7. The van der Waals surface area contributed by atoms with Crippen molar-refractivity contribution < 1.29 is 14.6 Å². The van der Waals surface area contributed by atoms with Crippen LogP contribution >= 0.6 is 0 Å². The number of carboxylic acids is 1. The van der Waals surface area contributed by atoms with Crippen LogP contribution in [-0.2, 0) is 4.79 Å². The van der Waals surface area contributed by atoms with Crippen molar-refractivity contribution in [2.75, 3.05) is 6.61 Å². The Morgan fingerprint density at radius 1 is 1.29 bits per heavy atom. The summed E-state index contributed by atoms with van der Waals surface area (Å²) in [6.45, 7) is 2.74. The Hall–Kier alpha value is -1.55. The molecule has 4 heteroatoms. The average molecular weight is 291 g/mol. The molecule has 1 aliphatic carbocycles. The molecule has 0 heterocycles. The topological polar surface area (TPSA) is 58.6 Å². The zero-order valence-electron chi connectivity index (χ0n) is 12.7. The van der Waals surface area contributed by atoms with Crippen LogP contribution in [0.3, 0.4) is 0 Å². The van der Waals surface area contributed by atoms with E-state index in [0.717, 1.165) is 30.6 Å². The van der Waals surface area contributed by atoms with Crippen molar-refractivity contribution in [3.05, 3.63) is 29.8 Å². The van der Waals surface area contributed by atoms with Crippen molar-refractivity contribution in [2.24, 2.45) is 0 Å². The molecule has 0 saturated heterocycles. The van der Waals surface area contributed by atoms with E-state index in [1.54, 1.807) is 0 Å². The highest BCUT2D eigenvalue weighted by Gasteiger charge is 2.24. The molecule has 4 nitrogen and oxygen atoms in total. The van der Waals surface area contributed by atoms with Crippen LogP contribution in [0.5, 0.6) is 5.75 Å². The lowest BCUT2D eigenvalue weighted by molar-refractivity contribution is -0.140. The van der Waals surface area contributed by atoms with Crippen LogP contribution in [0, 0.1) is 0 Å². The Morgan fingerprint density at radius 2 is 1.95 bits per heavy atom. The van der Waals surface area contributed by atoms with Crippen molar-refractivity contribution >= 4 is 5.97 Å². The normalized spacial score (nSPS) is 17.4. The van der Waals surface area contributed by atoms with Crippen LogP contribution in [0.1, 0.15) is 57.1 Å². The number of hydrogen-bond acceptors (Lipinski definition) is 3. The highest BCUT2D eigenvalue weighted by atomic mass is 16.5. The third-order valence-corrected chi connectivity index (χ3v) is 3.94. The fourth-order valence-electron chi connectivity index (χ4n) is 2.79. The largest absolute Gasteiger partial charge is 0.494 e. The van der Waals surface area contributed by atoms with Gasteiger partial charge in [0.25, 0.3) is 0 Å². The Morgan fingerprint density at radius 3 is 2.52 bits per heavy atom. The lowest BCUT2D eigenvalue weighted by Crippen LogP contribution is -2.38. The molecule has 0 amide bonds. The van der Waals surface area contributed by atoms with E-state index in [2.05, 4.69) is 12.2 Å². The maximum Gasteiger partial charge on any atom is 0.325 e. The Labute approximate surface area is 126 Å². The number of benzene rings is 1. The summed E-state index contributed by atoms with van der Waals surface area (Å²) in [7, 11) is 0. The van der Waals surface area contributed by atoms with Gasteiger partial charge in [0.05, 0.1) is 6.61 Å². The first-order chi connectivity index (χ1) is 10.2. The molecule has 21 heavy (non-hydrogen) atoms. The van der Waals surface area contributed by atoms with E-state index in [9.17, 15) is 9.90 Å². The lowest BCUT2D eigenvalue weighted by Gasteiger charge is -2.26. The number of ether oxygens (including phenoxy) is 1. The Kier molecular flexibility index (Phi) is 6.05. The minimum Gasteiger partial charge on any atom is -0.494 e. The van der Waals surface area contributed by atoms with Gasteiger partial charge in [-0.15, -0.1) is 0 Å². The number of rotatable bonds is 7. The van der Waals surface area contributed by atoms with E-state index in [-0.39, 0.29) is 0 Å². The summed E-state index contributed by atoms with van der Waals surface area (Å²) < 4.78 is 5.53. The van der Waals surface area contributed by atoms with Gasteiger partial charge in [-0.25, -0.2) is 0 Å². The van der Waals surface area contributed by atoms with Crippen LogP contribution < -0.4 is 10.1 Å². The molecule has 1 atom stereocenters. The zero-order chi connectivity index (χ0) is 15.1. The second kappa shape index (κ2) is 8.03. The molecule has 116 valence electrons. The second-order valence-corrected chi connectivity index (χ2v) is 5.69. The molecular weight excluding hydrogens is 266 g/mol. The number of hydrogen-bond donors (Lipinski definition) is 2. The fraction of sp³-hybridized carbons (Fsp3) is 0.588. The van der Waals surface area contributed by atoms with Crippen molar-refractivity contribution in [1.82, 2.24) is 5.32 Å². The molecule has 1 aromatic rings. The SMILES string of the molecule is CCCOc1ccc(C(NC2CCCCC2)C(=O)O)cc1. The van der Waals surface area contributed by atoms with Crippen LogP contribution in [0.4, 0.5) is 0 Å². The smallest absolute Gasteiger partial charge is 0.325 e. The van der Waals surface area contributed by atoms with E-state index < -0.39 is 12.0 Å². The predicted molar refractivity (Wildman–Crippen MR) is 82.6 cm³/mol. The van der Waals surface area contributed by atoms with Gasteiger partial charge in [-0.1, -0.05) is 38.3 Å². The number of carboxylic acid groups (broad SMARTS) is 1. The summed E-state index contributed by atoms with van der Waals surface area (Å²) in [6, 6.07) is 7.08. The van der Waals surface area contributed by atoms with Crippen LogP contribution in [0.2, 0.25) is 0 Å². The summed E-state index contributed by atoms with van der Waals surface area (Å²) in [5.41, 5.74) is 0.789. The lowest BCUT2D eigenvalue weighted by atomic mass is 9.94. The van der Waals surface area contributed by atoms with Crippen LogP contribution in [0.15, 0.2) is 24.3 Å². The highest BCUT2D eigenvalue weighted by molar-refractivity contribution is 5.75. The monoisotopic (exact) mass is 291 g/mol. The summed E-state index contributed by atoms with van der Waals surface area (Å²) in [5, 5.41) is 12.8. The average Bonchev–Trinajstić information content (AvgIpc) is 2.52. The molecule has 1 saturated carbocycles. The molecular formula is C17H25NO3. The molecule has 0 aliphatic heterocycles. The van der Waals surface area contributed by atoms with Gasteiger partial charge in [0.2, 0.25) is 0 Å². The first-order valence-electron chi connectivity index (χ1n) is 7.92. The standard InChI is InChI=1S/C17H25NO3/c1-2-12-21-15-10-8-13(9-11-15)16(17(19)20)18-14-6-4-3-5-7-14/h8-11,14,16,18H,2-7,12H2,1H3,(H,19,20). The van der Waals surface area contributed by atoms with E-state index in [0.29, 0.717) is 12.6 Å². The van der Waals surface area contributed by atoms with Gasteiger partial charge in [-0.2, -0.15) is 0 Å². The van der Waals surface area contributed by atoms with Gasteiger partial charge < -0.3 is 9.84 Å². The van der Waals surface area contributed by atoms with Crippen LogP contribution in [0.25, 0.3) is 0 Å². The molecule has 0 bridgehead atoms. The summed E-state index contributed by atoms with van der Waals surface area (Å²) in [6.07, 6.45) is 6.74. The predicted octanol–water partition coefficient (Wildman–Crippen LogP) is 3.52. The van der Waals surface area contributed by atoms with Gasteiger partial charge in [-0.05, 0) is 37.0 Å². The molecule has 0 radical (unpaired) electrons. The first-order valence-corrected chi connectivity index (χ1v) is 7.92. The van der Waals surface area contributed by atoms with Crippen LogP contribution in [-0.4, -0.2) is 23.7 Å². The van der Waals surface area contributed by atoms with Gasteiger partial charge in [0.1, 0.15) is 11.8 Å². The maximum absolute atomic E-state index is 11.5. The Bertz CT molecular complexity index is 438. The molecule has 0 spiro atoms. The molecule has 1 fully saturated rings. The summed E-state index contributed by atoms with van der Waals surface area (Å²) in [5.74, 6) is -0.0230. The van der Waals surface area contributed by atoms with E-state index >= 15 is 0 Å². The highest BCUT2D eigenvalue weighted by Crippen LogP contribution is 2.23. The molecule has 2 N–H and O–H groups in total. The van der Waals surface area contributed by atoms with Crippen molar-refractivity contribution in [3.8, 4) is 5.75 Å². The van der Waals surface area contributed by atoms with Crippen molar-refractivity contribution in [2.45, 2.75) is 57.5 Å². The van der Waals surface area contributed by atoms with Crippen molar-refractivity contribution in [1.29, 1.82) is 0 Å². The second-order valence-electron chi connectivity index (χ2n) is 5.69. The fourth-order valence-corrected chi connectivity index (χ4v) is 2.79. The third kappa shape index (κ3) is 4.74. The third-order valence-electron chi connectivity index (χ3n) is 3.94. The molecule has 1 aliphatic rings. The summed E-state index contributed by atoms with van der Waals surface area (Å²) in [4.78, 5) is 11.5. The molecule has 2 rings (SSSR count). The number of nitrogens with one attached hydrogen (secondary N) is 1. The molecule has 0 aromatic heterocycles. The van der Waals surface area contributed by atoms with Gasteiger partial charge in [0.15, 0.2) is 0 Å². The minimum atomic E-state index is -0.817. The number of carbonyl (C=O) groups is 1. The molecule has 1 aromatic carbocycles. The van der Waals surface area contributed by atoms with E-state index in [1.165, 1.54) is 19.3 Å². The first kappa shape index (κ1) is 15.8. The van der Waals surface area contributed by atoms with Crippen molar-refractivity contribution in [3.63, 3.8) is 0 Å². The number of aliphatic carboxylic acids is 1. The van der Waals surface area contributed by atoms with Gasteiger partial charge >= 0.3 is 5.97 Å². The molecule has 1 unspecified atom stereocenters.